The Morgan fingerprint density at radius 3 is 2.73 bits per heavy atom. The number of anilines is 1. The Morgan fingerprint density at radius 2 is 1.88 bits per heavy atom. The molecule has 0 saturated carbocycles. The number of carbonyl (C=O) groups excluding carboxylic acids is 2. The van der Waals surface area contributed by atoms with Crippen molar-refractivity contribution >= 4 is 50.0 Å². The molecule has 3 N–H and O–H groups in total. The fourth-order valence-corrected chi connectivity index (χ4v) is 6.10. The number of aromatic nitrogens is 3. The van der Waals surface area contributed by atoms with Crippen LogP contribution >= 0.6 is 11.3 Å². The number of nitrogens with one attached hydrogen (secondary N) is 3. The molecule has 2 amide bonds. The van der Waals surface area contributed by atoms with Gasteiger partial charge in [-0.1, -0.05) is 0 Å². The number of carbonyl (C=O) groups is 2. The van der Waals surface area contributed by atoms with Crippen molar-refractivity contribution in [2.45, 2.75) is 0 Å². The monoisotopic (exact) mass is 572 g/mol. The predicted molar refractivity (Wildman–Crippen MR) is 156 cm³/mol. The zero-order valence-corrected chi connectivity index (χ0v) is 23.2. The zero-order valence-electron chi connectivity index (χ0n) is 22.4. The number of benzene rings is 2. The maximum Gasteiger partial charge on any atom is 0.265 e. The van der Waals surface area contributed by atoms with Gasteiger partial charge >= 0.3 is 0 Å². The summed E-state index contributed by atoms with van der Waals surface area (Å²) in [4.78, 5) is 36.7. The van der Waals surface area contributed by atoms with Crippen molar-refractivity contribution < 1.29 is 23.8 Å². The first-order valence-corrected chi connectivity index (χ1v) is 14.2. The number of H-pyrrole nitrogens is 1. The molecule has 0 radical (unpaired) electrons. The van der Waals surface area contributed by atoms with Gasteiger partial charge in [0.15, 0.2) is 17.3 Å². The van der Waals surface area contributed by atoms with Crippen molar-refractivity contribution in [2.24, 2.45) is 7.05 Å². The van der Waals surface area contributed by atoms with Crippen LogP contribution < -0.4 is 20.1 Å². The highest BCUT2D eigenvalue weighted by molar-refractivity contribution is 7.21. The van der Waals surface area contributed by atoms with Crippen molar-refractivity contribution in [3.05, 3.63) is 59.1 Å². The average molecular weight is 573 g/mol. The normalized spacial score (nSPS) is 15.0. The Bertz CT molecular complexity index is 1740. The molecular weight excluding hydrogens is 544 g/mol. The van der Waals surface area contributed by atoms with Crippen molar-refractivity contribution in [1.82, 2.24) is 24.8 Å². The maximum atomic E-state index is 13.1. The van der Waals surface area contributed by atoms with Crippen LogP contribution in [0.15, 0.2) is 48.7 Å². The lowest BCUT2D eigenvalue weighted by Gasteiger charge is -2.26. The van der Waals surface area contributed by atoms with E-state index in [1.165, 1.54) is 11.3 Å². The second-order valence-electron chi connectivity index (χ2n) is 10.1. The van der Waals surface area contributed by atoms with Gasteiger partial charge in [-0.25, -0.2) is 4.98 Å². The molecular formula is C29H28N6O5S. The van der Waals surface area contributed by atoms with E-state index in [0.717, 1.165) is 59.7 Å². The second-order valence-corrected chi connectivity index (χ2v) is 11.1. The van der Waals surface area contributed by atoms with Crippen LogP contribution in [0.1, 0.15) is 20.0 Å². The standard InChI is InChI=1S/C29H28N6O5S/c1-34-15-19(31-29(37)26-12-18-11-23-24(40-16-39-23)14-25(18)41-26)13-22(34)27-32-20-3-2-17(10-21(20)33-27)28(36)30-4-5-35-6-8-38-9-7-35/h2-3,10-15H,4-9,16H2,1H3,(H,30,36)(H,31,37)(H,32,33). The Balaban J connectivity index is 1.04. The lowest BCUT2D eigenvalue weighted by atomic mass is 10.2. The SMILES string of the molecule is Cn1cc(NC(=O)c2cc3cc4c(cc3s2)OCO4)cc1-c1nc2ccc(C(=O)NCCN3CCOCC3)cc2[nH]1. The first-order chi connectivity index (χ1) is 20.0. The molecule has 3 aromatic heterocycles. The largest absolute Gasteiger partial charge is 0.454 e. The molecule has 1 saturated heterocycles. The molecule has 2 aliphatic heterocycles. The van der Waals surface area contributed by atoms with E-state index in [2.05, 4.69) is 20.5 Å². The van der Waals surface area contributed by atoms with Crippen LogP contribution in [0.25, 0.3) is 32.6 Å². The van der Waals surface area contributed by atoms with Crippen molar-refractivity contribution in [3.63, 3.8) is 0 Å². The first kappa shape index (κ1) is 25.6. The third kappa shape index (κ3) is 5.12. The van der Waals surface area contributed by atoms with E-state index >= 15 is 0 Å². The third-order valence-electron chi connectivity index (χ3n) is 7.30. The molecule has 2 aliphatic rings. The fourth-order valence-electron chi connectivity index (χ4n) is 5.13. The lowest BCUT2D eigenvalue weighted by molar-refractivity contribution is 0.0383. The highest BCUT2D eigenvalue weighted by atomic mass is 32.1. The number of amides is 2. The summed E-state index contributed by atoms with van der Waals surface area (Å²) in [5.74, 6) is 1.72. The van der Waals surface area contributed by atoms with Gasteiger partial charge in [-0.2, -0.15) is 0 Å². The summed E-state index contributed by atoms with van der Waals surface area (Å²) in [7, 11) is 1.90. The molecule has 11 nitrogen and oxygen atoms in total. The number of rotatable bonds is 7. The van der Waals surface area contributed by atoms with E-state index < -0.39 is 0 Å². The molecule has 12 heteroatoms. The number of hydrogen-bond donors (Lipinski definition) is 3. The summed E-state index contributed by atoms with van der Waals surface area (Å²) in [5, 5.41) is 6.93. The average Bonchev–Trinajstić information content (AvgIpc) is 3.76. The Labute approximate surface area is 239 Å². The number of imidazole rings is 1. The summed E-state index contributed by atoms with van der Waals surface area (Å²) < 4.78 is 19.1. The maximum absolute atomic E-state index is 13.1. The molecule has 41 heavy (non-hydrogen) atoms. The highest BCUT2D eigenvalue weighted by Crippen LogP contribution is 2.39. The van der Waals surface area contributed by atoms with Crippen LogP contribution in [0.3, 0.4) is 0 Å². The number of hydrogen-bond acceptors (Lipinski definition) is 8. The Hall–Kier alpha value is -4.39. The van der Waals surface area contributed by atoms with Gasteiger partial charge in [0.1, 0.15) is 0 Å². The summed E-state index contributed by atoms with van der Waals surface area (Å²) in [6.45, 7) is 4.85. The van der Waals surface area contributed by atoms with Crippen molar-refractivity contribution in [2.75, 3.05) is 51.5 Å². The highest BCUT2D eigenvalue weighted by Gasteiger charge is 2.19. The molecule has 1 fully saturated rings. The molecule has 5 heterocycles. The van der Waals surface area contributed by atoms with Crippen LogP contribution in [-0.2, 0) is 11.8 Å². The van der Waals surface area contributed by atoms with Crippen LogP contribution in [-0.4, -0.2) is 77.4 Å². The predicted octanol–water partition coefficient (Wildman–Crippen LogP) is 3.83. The van der Waals surface area contributed by atoms with E-state index in [1.807, 2.05) is 54.2 Å². The second kappa shape index (κ2) is 10.5. The quantitative estimate of drug-likeness (QED) is 0.271. The third-order valence-corrected chi connectivity index (χ3v) is 8.40. The minimum atomic E-state index is -0.195. The van der Waals surface area contributed by atoms with E-state index in [1.54, 1.807) is 6.07 Å². The fraction of sp³-hybridized carbons (Fsp3) is 0.276. The minimum absolute atomic E-state index is 0.119. The molecule has 0 aliphatic carbocycles. The van der Waals surface area contributed by atoms with Gasteiger partial charge in [0, 0.05) is 55.8 Å². The van der Waals surface area contributed by atoms with Gasteiger partial charge in [0.05, 0.1) is 40.5 Å². The van der Waals surface area contributed by atoms with Gasteiger partial charge in [-0.15, -0.1) is 11.3 Å². The van der Waals surface area contributed by atoms with Gasteiger partial charge in [0.2, 0.25) is 6.79 Å². The number of ether oxygens (including phenoxy) is 3. The van der Waals surface area contributed by atoms with E-state index in [9.17, 15) is 9.59 Å². The molecule has 5 aromatic rings. The summed E-state index contributed by atoms with van der Waals surface area (Å²) in [6.07, 6.45) is 1.84. The Morgan fingerprint density at radius 1 is 1.05 bits per heavy atom. The molecule has 0 atom stereocenters. The molecule has 2 aromatic carbocycles. The number of nitrogens with zero attached hydrogens (tertiary/aromatic N) is 3. The summed E-state index contributed by atoms with van der Waals surface area (Å²) in [5.41, 5.74) is 3.54. The first-order valence-electron chi connectivity index (χ1n) is 13.4. The number of morpholine rings is 1. The van der Waals surface area contributed by atoms with Crippen LogP contribution in [0.2, 0.25) is 0 Å². The minimum Gasteiger partial charge on any atom is -0.454 e. The Kier molecular flexibility index (Phi) is 6.57. The molecule has 0 unspecified atom stereocenters. The van der Waals surface area contributed by atoms with Gasteiger partial charge in [0.25, 0.3) is 11.8 Å². The van der Waals surface area contributed by atoms with Gasteiger partial charge in [-0.3, -0.25) is 14.5 Å². The zero-order chi connectivity index (χ0) is 27.9. The topological polar surface area (TPSA) is 123 Å². The van der Waals surface area contributed by atoms with Crippen molar-refractivity contribution in [1.29, 1.82) is 0 Å². The van der Waals surface area contributed by atoms with Crippen LogP contribution in [0, 0.1) is 0 Å². The molecule has 0 bridgehead atoms. The number of fused-ring (bicyclic) bond motifs is 3. The number of thiophene rings is 1. The van der Waals surface area contributed by atoms with Crippen LogP contribution in [0.5, 0.6) is 11.5 Å². The van der Waals surface area contributed by atoms with Gasteiger partial charge in [-0.05, 0) is 41.8 Å². The summed E-state index contributed by atoms with van der Waals surface area (Å²) >= 11 is 1.40. The van der Waals surface area contributed by atoms with E-state index in [4.69, 9.17) is 19.2 Å². The number of aromatic amines is 1. The lowest BCUT2D eigenvalue weighted by Crippen LogP contribution is -2.41. The van der Waals surface area contributed by atoms with E-state index in [-0.39, 0.29) is 18.6 Å². The van der Waals surface area contributed by atoms with Crippen LogP contribution in [0.4, 0.5) is 5.69 Å². The van der Waals surface area contributed by atoms with Gasteiger partial charge < -0.3 is 34.4 Å². The van der Waals surface area contributed by atoms with E-state index in [0.29, 0.717) is 40.0 Å². The smallest absolute Gasteiger partial charge is 0.265 e. The molecule has 210 valence electrons. The molecule has 7 rings (SSSR count). The van der Waals surface area contributed by atoms with Crippen molar-refractivity contribution in [3.8, 4) is 23.0 Å². The number of aryl methyl sites for hydroxylation is 1. The summed E-state index contributed by atoms with van der Waals surface area (Å²) in [6, 6.07) is 13.0. The molecule has 0 spiro atoms.